The van der Waals surface area contributed by atoms with Crippen molar-refractivity contribution >= 4 is 40.7 Å². The van der Waals surface area contributed by atoms with Crippen molar-refractivity contribution in [3.05, 3.63) is 64.7 Å². The molecule has 2 aromatic rings. The molecule has 0 unspecified atom stereocenters. The van der Waals surface area contributed by atoms with Gasteiger partial charge in [-0.1, -0.05) is 37.6 Å². The first-order valence-corrected chi connectivity index (χ1v) is 9.54. The molecule has 0 atom stereocenters. The van der Waals surface area contributed by atoms with Crippen molar-refractivity contribution < 1.29 is 14.3 Å². The lowest BCUT2D eigenvalue weighted by Crippen LogP contribution is -2.48. The zero-order valence-corrected chi connectivity index (χ0v) is 17.2. The van der Waals surface area contributed by atoms with Crippen LogP contribution in [0.25, 0.3) is 0 Å². The predicted octanol–water partition coefficient (Wildman–Crippen LogP) is 3.71. The van der Waals surface area contributed by atoms with Gasteiger partial charge in [-0.25, -0.2) is 0 Å². The Labute approximate surface area is 174 Å². The van der Waals surface area contributed by atoms with E-state index in [0.717, 1.165) is 6.42 Å². The Hall–Kier alpha value is -2.64. The number of halogens is 1. The maximum Gasteiger partial charge on any atom is 0.269 e. The van der Waals surface area contributed by atoms with E-state index in [-0.39, 0.29) is 10.7 Å². The molecule has 28 heavy (non-hydrogen) atoms. The predicted molar refractivity (Wildman–Crippen MR) is 114 cm³/mol. The molecule has 0 radical (unpaired) electrons. The Morgan fingerprint density at radius 1 is 1.04 bits per heavy atom. The number of benzene rings is 2. The minimum absolute atomic E-state index is 0.0492. The van der Waals surface area contributed by atoms with Gasteiger partial charge >= 0.3 is 0 Å². The molecule has 0 aromatic heterocycles. The summed E-state index contributed by atoms with van der Waals surface area (Å²) in [5.41, 5.74) is 5.62. The molecule has 0 saturated heterocycles. The van der Waals surface area contributed by atoms with Crippen molar-refractivity contribution in [2.45, 2.75) is 20.3 Å². The minimum Gasteiger partial charge on any atom is -0.494 e. The normalized spacial score (nSPS) is 10.3. The smallest absolute Gasteiger partial charge is 0.269 e. The Morgan fingerprint density at radius 2 is 1.71 bits per heavy atom. The van der Waals surface area contributed by atoms with Gasteiger partial charge in [-0.15, -0.1) is 0 Å². The number of ether oxygens (including phenoxy) is 1. The van der Waals surface area contributed by atoms with Crippen LogP contribution in [0.2, 0.25) is 5.02 Å². The first kappa shape index (κ1) is 21.7. The Morgan fingerprint density at radius 3 is 2.36 bits per heavy atom. The lowest BCUT2D eigenvalue weighted by atomic mass is 10.1. The second-order valence-corrected chi connectivity index (χ2v) is 7.21. The largest absolute Gasteiger partial charge is 0.494 e. The van der Waals surface area contributed by atoms with Crippen LogP contribution in [0.4, 0.5) is 0 Å². The first-order chi connectivity index (χ1) is 13.4. The third kappa shape index (κ3) is 6.83. The SMILES string of the molecule is CC(C)CCOc1ccc(C(=O)NNC(=S)NC(=O)c2ccccc2Cl)cc1. The van der Waals surface area contributed by atoms with Gasteiger partial charge in [0.05, 0.1) is 17.2 Å². The van der Waals surface area contributed by atoms with Crippen molar-refractivity contribution in [3.8, 4) is 5.75 Å². The Kier molecular flexibility index (Phi) is 8.22. The molecule has 3 N–H and O–H groups in total. The monoisotopic (exact) mass is 419 g/mol. The van der Waals surface area contributed by atoms with E-state index >= 15 is 0 Å². The van der Waals surface area contributed by atoms with Gasteiger partial charge in [0.1, 0.15) is 5.75 Å². The zero-order chi connectivity index (χ0) is 20.5. The zero-order valence-electron chi connectivity index (χ0n) is 15.6. The second kappa shape index (κ2) is 10.6. The van der Waals surface area contributed by atoms with E-state index < -0.39 is 11.8 Å². The van der Waals surface area contributed by atoms with Gasteiger partial charge < -0.3 is 4.74 Å². The van der Waals surface area contributed by atoms with Crippen molar-refractivity contribution in [2.75, 3.05) is 6.61 Å². The fourth-order valence-electron chi connectivity index (χ4n) is 2.15. The number of amides is 2. The van der Waals surface area contributed by atoms with Gasteiger partial charge in [-0.3, -0.25) is 25.8 Å². The van der Waals surface area contributed by atoms with Gasteiger partial charge in [-0.2, -0.15) is 0 Å². The molecule has 0 aliphatic rings. The summed E-state index contributed by atoms with van der Waals surface area (Å²) in [4.78, 5) is 24.3. The highest BCUT2D eigenvalue weighted by Gasteiger charge is 2.12. The van der Waals surface area contributed by atoms with Crippen LogP contribution in [0, 0.1) is 5.92 Å². The lowest BCUT2D eigenvalue weighted by molar-refractivity contribution is 0.0934. The number of hydrogen-bond acceptors (Lipinski definition) is 4. The highest BCUT2D eigenvalue weighted by Crippen LogP contribution is 2.15. The summed E-state index contributed by atoms with van der Waals surface area (Å²) < 4.78 is 5.62. The molecule has 0 heterocycles. The van der Waals surface area contributed by atoms with Crippen molar-refractivity contribution in [3.63, 3.8) is 0 Å². The number of nitrogens with one attached hydrogen (secondary N) is 3. The first-order valence-electron chi connectivity index (χ1n) is 8.76. The molecule has 148 valence electrons. The van der Waals surface area contributed by atoms with Crippen LogP contribution < -0.4 is 20.9 Å². The molecule has 0 spiro atoms. The summed E-state index contributed by atoms with van der Waals surface area (Å²) in [6, 6.07) is 13.3. The molecule has 0 bridgehead atoms. The van der Waals surface area contributed by atoms with E-state index in [4.69, 9.17) is 28.6 Å². The summed E-state index contributed by atoms with van der Waals surface area (Å²) in [6.07, 6.45) is 0.962. The quantitative estimate of drug-likeness (QED) is 0.491. The molecule has 2 aromatic carbocycles. The summed E-state index contributed by atoms with van der Waals surface area (Å²) in [7, 11) is 0. The number of carbonyl (C=O) groups excluding carboxylic acids is 2. The van der Waals surface area contributed by atoms with Gasteiger partial charge in [0.15, 0.2) is 5.11 Å². The molecule has 0 fully saturated rings. The van der Waals surface area contributed by atoms with E-state index in [1.165, 1.54) is 0 Å². The fourth-order valence-corrected chi connectivity index (χ4v) is 2.51. The second-order valence-electron chi connectivity index (χ2n) is 6.40. The maximum absolute atomic E-state index is 12.2. The molecule has 0 saturated carbocycles. The van der Waals surface area contributed by atoms with Gasteiger partial charge in [0.2, 0.25) is 0 Å². The third-order valence-corrected chi connectivity index (χ3v) is 4.25. The van der Waals surface area contributed by atoms with Crippen LogP contribution in [-0.2, 0) is 0 Å². The molecular formula is C20H22ClN3O3S. The van der Waals surface area contributed by atoms with E-state index in [1.54, 1.807) is 48.5 Å². The number of carbonyl (C=O) groups is 2. The number of hydrogen-bond donors (Lipinski definition) is 3. The Bertz CT molecular complexity index is 841. The molecular weight excluding hydrogens is 398 g/mol. The van der Waals surface area contributed by atoms with Crippen LogP contribution >= 0.6 is 23.8 Å². The highest BCUT2D eigenvalue weighted by molar-refractivity contribution is 7.80. The van der Waals surface area contributed by atoms with E-state index in [9.17, 15) is 9.59 Å². The minimum atomic E-state index is -0.472. The number of hydrazine groups is 1. The van der Waals surface area contributed by atoms with E-state index in [0.29, 0.717) is 28.9 Å². The summed E-state index contributed by atoms with van der Waals surface area (Å²) in [5.74, 6) is 0.398. The third-order valence-electron chi connectivity index (χ3n) is 3.72. The van der Waals surface area contributed by atoms with Crippen LogP contribution in [0.15, 0.2) is 48.5 Å². The van der Waals surface area contributed by atoms with Crippen molar-refractivity contribution in [1.29, 1.82) is 0 Å². The summed E-state index contributed by atoms with van der Waals surface area (Å²) >= 11 is 11.0. The molecule has 8 heteroatoms. The van der Waals surface area contributed by atoms with Gasteiger partial charge in [0, 0.05) is 5.56 Å². The van der Waals surface area contributed by atoms with Gasteiger partial charge in [-0.05, 0) is 61.0 Å². The average Bonchev–Trinajstić information content (AvgIpc) is 2.66. The average molecular weight is 420 g/mol. The van der Waals surface area contributed by atoms with Crippen molar-refractivity contribution in [1.82, 2.24) is 16.2 Å². The topological polar surface area (TPSA) is 79.5 Å². The lowest BCUT2D eigenvalue weighted by Gasteiger charge is -2.12. The number of rotatable bonds is 6. The van der Waals surface area contributed by atoms with Crippen molar-refractivity contribution in [2.24, 2.45) is 5.92 Å². The van der Waals surface area contributed by atoms with Crippen LogP contribution in [0.3, 0.4) is 0 Å². The van der Waals surface area contributed by atoms with E-state index in [1.807, 2.05) is 0 Å². The van der Waals surface area contributed by atoms with Gasteiger partial charge in [0.25, 0.3) is 11.8 Å². The van der Waals surface area contributed by atoms with Crippen LogP contribution in [-0.4, -0.2) is 23.5 Å². The maximum atomic E-state index is 12.2. The Balaban J connectivity index is 1.80. The fraction of sp³-hybridized carbons (Fsp3) is 0.250. The summed E-state index contributed by atoms with van der Waals surface area (Å²) in [5, 5.41) is 2.71. The molecule has 0 aliphatic heterocycles. The molecule has 6 nitrogen and oxygen atoms in total. The van der Waals surface area contributed by atoms with E-state index in [2.05, 4.69) is 30.0 Å². The summed E-state index contributed by atoms with van der Waals surface area (Å²) in [6.45, 7) is 4.89. The number of thiocarbonyl (C=S) groups is 1. The van der Waals surface area contributed by atoms with Crippen LogP contribution in [0.1, 0.15) is 41.0 Å². The standard InChI is InChI=1S/C20H22ClN3O3S/c1-13(2)11-12-27-15-9-7-14(8-10-15)18(25)23-24-20(28)22-19(26)16-5-3-4-6-17(16)21/h3-10,13H,11-12H2,1-2H3,(H,23,25)(H2,22,24,26,28). The van der Waals surface area contributed by atoms with Crippen LogP contribution in [0.5, 0.6) is 5.75 Å². The molecule has 2 amide bonds. The highest BCUT2D eigenvalue weighted by atomic mass is 35.5. The molecule has 0 aliphatic carbocycles. The molecule has 2 rings (SSSR count).